The second-order valence-electron chi connectivity index (χ2n) is 11.1. The molecule has 0 radical (unpaired) electrons. The lowest BCUT2D eigenvalue weighted by Crippen LogP contribution is -2.72. The smallest absolute Gasteiger partial charge is 0.335 e. The van der Waals surface area contributed by atoms with Gasteiger partial charge in [-0.05, 0) is 81.0 Å². The number of carbonyl (C=O) groups is 3. The predicted molar refractivity (Wildman–Crippen MR) is 145 cm³/mol. The summed E-state index contributed by atoms with van der Waals surface area (Å²) in [5, 5.41) is 10.0. The van der Waals surface area contributed by atoms with E-state index in [0.717, 1.165) is 25.2 Å². The molecule has 198 valence electrons. The maximum atomic E-state index is 14.1. The van der Waals surface area contributed by atoms with E-state index in [1.165, 1.54) is 12.1 Å². The van der Waals surface area contributed by atoms with Crippen LogP contribution in [0.4, 0.5) is 5.69 Å². The van der Waals surface area contributed by atoms with E-state index < -0.39 is 11.9 Å². The van der Waals surface area contributed by atoms with Gasteiger partial charge in [-0.15, -0.1) is 0 Å². The number of piperidine rings is 1. The molecule has 0 aromatic heterocycles. The molecule has 2 unspecified atom stereocenters. The van der Waals surface area contributed by atoms with Crippen LogP contribution in [0.2, 0.25) is 10.0 Å². The molecule has 3 atom stereocenters. The minimum Gasteiger partial charge on any atom is -0.478 e. The van der Waals surface area contributed by atoms with Gasteiger partial charge in [0.15, 0.2) is 0 Å². The van der Waals surface area contributed by atoms with Crippen molar-refractivity contribution in [1.82, 2.24) is 9.80 Å². The lowest BCUT2D eigenvalue weighted by Gasteiger charge is -2.66. The van der Waals surface area contributed by atoms with Gasteiger partial charge in [0.2, 0.25) is 11.9 Å². The van der Waals surface area contributed by atoms with Crippen molar-refractivity contribution >= 4 is 52.6 Å². The third-order valence-corrected chi connectivity index (χ3v) is 9.55. The quantitative estimate of drug-likeness (QED) is 0.586. The number of benzene rings is 2. The molecule has 1 saturated heterocycles. The van der Waals surface area contributed by atoms with Crippen LogP contribution in [0.1, 0.15) is 53.3 Å². The number of carbonyl (C=O) groups excluding carboxylic acids is 2. The Bertz CT molecular complexity index is 1360. The zero-order valence-corrected chi connectivity index (χ0v) is 22.6. The average molecular weight is 555 g/mol. The van der Waals surface area contributed by atoms with Crippen LogP contribution in [-0.4, -0.2) is 69.9 Å². The number of aromatic carboxylic acids is 1. The number of nitrogens with zero attached hydrogens (tertiary/aromatic N) is 4. The van der Waals surface area contributed by atoms with E-state index in [1.54, 1.807) is 40.1 Å². The van der Waals surface area contributed by atoms with Crippen LogP contribution in [0.25, 0.3) is 0 Å². The number of amides is 2. The highest BCUT2D eigenvalue weighted by Crippen LogP contribution is 2.60. The summed E-state index contributed by atoms with van der Waals surface area (Å²) in [5.74, 6) is -0.355. The second-order valence-corrected chi connectivity index (χ2v) is 11.9. The topological polar surface area (TPSA) is 93.5 Å². The van der Waals surface area contributed by atoms with E-state index in [4.69, 9.17) is 28.2 Å². The van der Waals surface area contributed by atoms with Crippen molar-refractivity contribution in [2.45, 2.75) is 50.2 Å². The van der Waals surface area contributed by atoms with Gasteiger partial charge in [0.25, 0.3) is 5.91 Å². The molecule has 2 aromatic rings. The van der Waals surface area contributed by atoms with E-state index in [9.17, 15) is 19.5 Å². The summed E-state index contributed by atoms with van der Waals surface area (Å²) in [6.45, 7) is 2.26. The van der Waals surface area contributed by atoms with Crippen molar-refractivity contribution in [2.75, 3.05) is 18.5 Å². The molecular weight excluding hydrogens is 527 g/mol. The SMILES string of the molecule is C[C@@H]1CC2C(=O)N(c3ccc(C(=O)O)cc3)C(N(C)C34CC(C3)C4)=NC2CN1C(=O)c1ccc(Cl)c(Cl)c1. The number of rotatable bonds is 4. The number of carboxylic acids is 1. The van der Waals surface area contributed by atoms with Gasteiger partial charge in [0.1, 0.15) is 0 Å². The van der Waals surface area contributed by atoms with Crippen LogP contribution in [0.5, 0.6) is 0 Å². The van der Waals surface area contributed by atoms with Crippen molar-refractivity contribution in [3.8, 4) is 0 Å². The Morgan fingerprint density at radius 3 is 2.29 bits per heavy atom. The van der Waals surface area contributed by atoms with Crippen molar-refractivity contribution in [2.24, 2.45) is 16.8 Å². The first-order valence-electron chi connectivity index (χ1n) is 12.8. The van der Waals surface area contributed by atoms with Gasteiger partial charge >= 0.3 is 5.97 Å². The number of guanidine groups is 1. The Hall–Kier alpha value is -3.10. The number of hydrogen-bond donors (Lipinski definition) is 1. The summed E-state index contributed by atoms with van der Waals surface area (Å²) in [7, 11) is 1.99. The number of anilines is 1. The summed E-state index contributed by atoms with van der Waals surface area (Å²) < 4.78 is 0. The lowest BCUT2D eigenvalue weighted by molar-refractivity contribution is -0.126. The van der Waals surface area contributed by atoms with Crippen LogP contribution >= 0.6 is 23.2 Å². The van der Waals surface area contributed by atoms with Gasteiger partial charge in [0.05, 0.1) is 33.3 Å². The molecule has 0 spiro atoms. The van der Waals surface area contributed by atoms with E-state index >= 15 is 0 Å². The standard InChI is InChI=1S/C28H28Cl2N4O4/c1-15-9-20-23(14-33(15)24(35)18-5-8-21(29)22(30)10-18)31-27(32(2)28-11-16(12-28)13-28)34(25(20)36)19-6-3-17(4-7-19)26(37)38/h3-8,10,15-16,20,23H,9,11-14H2,1-2H3,(H,37,38)/t15-,16?,20?,23?,28?/m1/s1. The number of carboxylic acid groups (broad SMARTS) is 1. The van der Waals surface area contributed by atoms with Gasteiger partial charge < -0.3 is 14.9 Å². The van der Waals surface area contributed by atoms with Gasteiger partial charge in [0, 0.05) is 30.7 Å². The van der Waals surface area contributed by atoms with Crippen molar-refractivity contribution in [3.63, 3.8) is 0 Å². The summed E-state index contributed by atoms with van der Waals surface area (Å²) >= 11 is 12.2. The fourth-order valence-corrected chi connectivity index (χ4v) is 6.69. The predicted octanol–water partition coefficient (Wildman–Crippen LogP) is 4.80. The Labute approximate surface area is 230 Å². The van der Waals surface area contributed by atoms with E-state index in [0.29, 0.717) is 40.2 Å². The maximum absolute atomic E-state index is 14.1. The Kier molecular flexibility index (Phi) is 5.96. The fourth-order valence-electron chi connectivity index (χ4n) is 6.39. The minimum absolute atomic E-state index is 0.00733. The third-order valence-electron chi connectivity index (χ3n) is 8.81. The van der Waals surface area contributed by atoms with Crippen molar-refractivity contribution in [3.05, 3.63) is 63.6 Å². The molecule has 10 heteroatoms. The molecule has 2 aromatic carbocycles. The molecule has 7 rings (SSSR count). The first kappa shape index (κ1) is 25.2. The van der Waals surface area contributed by atoms with E-state index in [2.05, 4.69) is 4.90 Å². The summed E-state index contributed by atoms with van der Waals surface area (Å²) in [6, 6.07) is 10.6. The molecular formula is C28H28Cl2N4O4. The van der Waals surface area contributed by atoms with Gasteiger partial charge in [-0.25, -0.2) is 9.79 Å². The first-order chi connectivity index (χ1) is 18.1. The van der Waals surface area contributed by atoms with Gasteiger partial charge in [-0.3, -0.25) is 14.5 Å². The highest BCUT2D eigenvalue weighted by molar-refractivity contribution is 6.42. The molecule has 2 amide bonds. The highest BCUT2D eigenvalue weighted by Gasteiger charge is 2.61. The molecule has 8 nitrogen and oxygen atoms in total. The zero-order valence-electron chi connectivity index (χ0n) is 21.1. The Balaban J connectivity index is 1.35. The van der Waals surface area contributed by atoms with Gasteiger partial charge in [-0.1, -0.05) is 23.2 Å². The molecule has 2 aliphatic heterocycles. The lowest BCUT2D eigenvalue weighted by atomic mass is 9.49. The Morgan fingerprint density at radius 2 is 1.71 bits per heavy atom. The summed E-state index contributed by atoms with van der Waals surface area (Å²) in [4.78, 5) is 49.6. The monoisotopic (exact) mass is 554 g/mol. The van der Waals surface area contributed by atoms with Crippen molar-refractivity contribution in [1.29, 1.82) is 0 Å². The number of fused-ring (bicyclic) bond motifs is 1. The number of hydrogen-bond acceptors (Lipinski definition) is 5. The normalized spacial score (nSPS) is 29.6. The molecule has 1 N–H and O–H groups in total. The first-order valence-corrected chi connectivity index (χ1v) is 13.6. The van der Waals surface area contributed by atoms with Gasteiger partial charge in [-0.2, -0.15) is 0 Å². The Morgan fingerprint density at radius 1 is 1.05 bits per heavy atom. The van der Waals surface area contributed by atoms with Crippen LogP contribution in [0.15, 0.2) is 47.5 Å². The number of halogens is 2. The summed E-state index contributed by atoms with van der Waals surface area (Å²) in [5.41, 5.74) is 1.21. The van der Waals surface area contributed by atoms with E-state index in [1.807, 2.05) is 14.0 Å². The summed E-state index contributed by atoms with van der Waals surface area (Å²) in [6.07, 6.45) is 3.70. The number of likely N-dealkylation sites (tertiary alicyclic amines) is 1. The highest BCUT2D eigenvalue weighted by atomic mass is 35.5. The minimum atomic E-state index is -1.02. The fraction of sp³-hybridized carbons (Fsp3) is 0.429. The molecule has 3 aliphatic carbocycles. The van der Waals surface area contributed by atoms with Crippen LogP contribution < -0.4 is 4.90 Å². The molecule has 2 heterocycles. The van der Waals surface area contributed by atoms with Crippen LogP contribution in [0, 0.1) is 11.8 Å². The molecule has 4 fully saturated rings. The molecule has 5 aliphatic rings. The van der Waals surface area contributed by atoms with Crippen LogP contribution in [0.3, 0.4) is 0 Å². The van der Waals surface area contributed by atoms with Crippen molar-refractivity contribution < 1.29 is 19.5 Å². The molecule has 38 heavy (non-hydrogen) atoms. The maximum Gasteiger partial charge on any atom is 0.335 e. The second kappa shape index (κ2) is 8.99. The molecule has 3 saturated carbocycles. The number of aliphatic imine (C=N–C) groups is 1. The average Bonchev–Trinajstić information content (AvgIpc) is 2.83. The zero-order chi connectivity index (χ0) is 26.9. The molecule has 2 bridgehead atoms. The largest absolute Gasteiger partial charge is 0.478 e. The van der Waals surface area contributed by atoms with E-state index in [-0.39, 0.29) is 35.0 Å². The third kappa shape index (κ3) is 3.88. The van der Waals surface area contributed by atoms with Crippen LogP contribution in [-0.2, 0) is 4.79 Å².